The third-order valence-corrected chi connectivity index (χ3v) is 9.91. The summed E-state index contributed by atoms with van der Waals surface area (Å²) in [7, 11) is 0. The molecule has 1 fully saturated rings. The van der Waals surface area contributed by atoms with Gasteiger partial charge in [-0.1, -0.05) is 77.8 Å². The molecule has 14 heteroatoms. The number of alkyl carbamates (subject to hydrolysis) is 1. The summed E-state index contributed by atoms with van der Waals surface area (Å²) in [6.07, 6.45) is 3.23. The number of carbonyl (C=O) groups excluding carboxylic acids is 3. The molecule has 284 valence electrons. The number of halogens is 4. The molecule has 1 amide bonds. The molecule has 0 unspecified atom stereocenters. The molecule has 54 heavy (non-hydrogen) atoms. The summed E-state index contributed by atoms with van der Waals surface area (Å²) in [5.41, 5.74) is 4.98. The highest BCUT2D eigenvalue weighted by atomic mass is 35.5. The topological polar surface area (TPSA) is 124 Å². The standard InChI is InChI=1S/C40H38Cl2F2N2O8/c1-23(47)50-16-6-11-34(46-40(49)52-22-31-28-9-4-2-7-26(28)27-8-3-5-10-29(27)31)38(48)53-36(18-30-32(41)19-45-20-33(30)42)25-14-15-35(54-39(43)44)37(17-25)51-21-24-12-13-24/h2-5,7-10,14-15,17,19-20,24,31,34,36,39H,6,11-13,16,18,21-22H2,1H3,(H,46,49)/p+1/t34-,36+/m1/s1. The minimum Gasteiger partial charge on any atom is -0.489 e. The molecule has 4 aromatic rings. The number of hydrogen-bond donors (Lipinski definition) is 1. The van der Waals surface area contributed by atoms with E-state index in [4.69, 9.17) is 46.9 Å². The third-order valence-electron chi connectivity index (χ3n) is 9.23. The molecule has 10 nitrogen and oxygen atoms in total. The summed E-state index contributed by atoms with van der Waals surface area (Å²) in [4.78, 5) is 41.7. The minimum absolute atomic E-state index is 0.00602. The van der Waals surface area contributed by atoms with Crippen LogP contribution in [0.1, 0.15) is 66.9 Å². The van der Waals surface area contributed by atoms with Crippen molar-refractivity contribution in [2.24, 2.45) is 5.92 Å². The van der Waals surface area contributed by atoms with Crippen LogP contribution in [0.4, 0.5) is 13.6 Å². The summed E-state index contributed by atoms with van der Waals surface area (Å²) in [5.74, 6) is -1.37. The smallest absolute Gasteiger partial charge is 0.407 e. The van der Waals surface area contributed by atoms with Crippen LogP contribution in [-0.4, -0.2) is 50.5 Å². The molecule has 6 rings (SSSR count). The van der Waals surface area contributed by atoms with E-state index in [1.165, 1.54) is 37.5 Å². The van der Waals surface area contributed by atoms with Gasteiger partial charge in [0.25, 0.3) is 0 Å². The minimum atomic E-state index is -3.09. The second-order valence-corrected chi connectivity index (χ2v) is 13.9. The summed E-state index contributed by atoms with van der Waals surface area (Å²) in [6.45, 7) is -1.52. The Balaban J connectivity index is 1.23. The van der Waals surface area contributed by atoms with E-state index in [2.05, 4.69) is 10.3 Å². The molecule has 0 spiro atoms. The van der Waals surface area contributed by atoms with Crippen molar-refractivity contribution in [1.82, 2.24) is 5.32 Å². The van der Waals surface area contributed by atoms with Crippen molar-refractivity contribution < 1.29 is 51.8 Å². The van der Waals surface area contributed by atoms with Crippen LogP contribution in [0.5, 0.6) is 11.5 Å². The molecule has 1 heterocycles. The van der Waals surface area contributed by atoms with Gasteiger partial charge in [0, 0.05) is 24.8 Å². The lowest BCUT2D eigenvalue weighted by Crippen LogP contribution is -2.43. The molecule has 0 aliphatic heterocycles. The number of nitrogens with one attached hydrogen (secondary N) is 2. The van der Waals surface area contributed by atoms with Crippen LogP contribution in [0.3, 0.4) is 0 Å². The number of fused-ring (bicyclic) bond motifs is 3. The Morgan fingerprint density at radius 3 is 2.19 bits per heavy atom. The predicted octanol–water partition coefficient (Wildman–Crippen LogP) is 8.28. The zero-order chi connectivity index (χ0) is 38.2. The summed E-state index contributed by atoms with van der Waals surface area (Å²) in [5, 5.41) is 3.17. The van der Waals surface area contributed by atoms with Crippen LogP contribution in [0.2, 0.25) is 10.0 Å². The van der Waals surface area contributed by atoms with Crippen molar-refractivity contribution in [2.45, 2.75) is 63.7 Å². The molecule has 0 bridgehead atoms. The first-order valence-electron chi connectivity index (χ1n) is 17.6. The summed E-state index contributed by atoms with van der Waals surface area (Å²) < 4.78 is 54.1. The van der Waals surface area contributed by atoms with Crippen molar-refractivity contribution >= 4 is 41.2 Å². The van der Waals surface area contributed by atoms with Crippen LogP contribution < -0.4 is 19.8 Å². The highest BCUT2D eigenvalue weighted by molar-refractivity contribution is 6.35. The van der Waals surface area contributed by atoms with E-state index in [1.54, 1.807) is 0 Å². The summed E-state index contributed by atoms with van der Waals surface area (Å²) >= 11 is 13.0. The van der Waals surface area contributed by atoms with Crippen molar-refractivity contribution in [3.63, 3.8) is 0 Å². The van der Waals surface area contributed by atoms with Gasteiger partial charge in [-0.15, -0.1) is 0 Å². The van der Waals surface area contributed by atoms with E-state index in [-0.39, 0.29) is 59.9 Å². The number of carbonyl (C=O) groups is 3. The fourth-order valence-electron chi connectivity index (χ4n) is 6.36. The van der Waals surface area contributed by atoms with Gasteiger partial charge in [0.1, 0.15) is 28.8 Å². The van der Waals surface area contributed by atoms with E-state index >= 15 is 0 Å². The number of rotatable bonds is 17. The third kappa shape index (κ3) is 9.97. The van der Waals surface area contributed by atoms with E-state index in [9.17, 15) is 23.2 Å². The highest BCUT2D eigenvalue weighted by Gasteiger charge is 2.32. The average Bonchev–Trinajstić information content (AvgIpc) is 3.93. The maximum Gasteiger partial charge on any atom is 0.407 e. The van der Waals surface area contributed by atoms with Crippen molar-refractivity contribution in [2.75, 3.05) is 19.8 Å². The lowest BCUT2D eigenvalue weighted by Gasteiger charge is -2.24. The number of benzene rings is 3. The Morgan fingerprint density at radius 2 is 1.56 bits per heavy atom. The Hall–Kier alpha value is -4.94. The molecule has 0 radical (unpaired) electrons. The Bertz CT molecular complexity index is 1910. The molecule has 1 saturated carbocycles. The maximum absolute atomic E-state index is 14.0. The molecule has 2 atom stereocenters. The van der Waals surface area contributed by atoms with Gasteiger partial charge in [-0.2, -0.15) is 8.78 Å². The number of ether oxygens (including phenoxy) is 5. The van der Waals surface area contributed by atoms with Crippen molar-refractivity contribution in [3.05, 3.63) is 111 Å². The van der Waals surface area contributed by atoms with Crippen molar-refractivity contribution in [1.29, 1.82) is 0 Å². The van der Waals surface area contributed by atoms with Crippen LogP contribution in [0.25, 0.3) is 11.1 Å². The van der Waals surface area contributed by atoms with Gasteiger partial charge in [0.05, 0.1) is 13.2 Å². The number of pyridine rings is 1. The van der Waals surface area contributed by atoms with Gasteiger partial charge in [0.2, 0.25) is 0 Å². The predicted molar refractivity (Wildman–Crippen MR) is 195 cm³/mol. The number of amides is 1. The Labute approximate surface area is 321 Å². The van der Waals surface area contributed by atoms with Gasteiger partial charge in [-0.25, -0.2) is 14.6 Å². The van der Waals surface area contributed by atoms with E-state index in [0.717, 1.165) is 35.1 Å². The number of esters is 2. The zero-order valence-corrected chi connectivity index (χ0v) is 30.8. The van der Waals surface area contributed by atoms with Gasteiger partial charge < -0.3 is 29.0 Å². The molecule has 2 aliphatic carbocycles. The number of aromatic nitrogens is 1. The Morgan fingerprint density at radius 1 is 0.889 bits per heavy atom. The van der Waals surface area contributed by atoms with Crippen LogP contribution in [-0.2, 0) is 30.2 Å². The van der Waals surface area contributed by atoms with E-state index < -0.39 is 36.8 Å². The normalized spacial score (nSPS) is 14.4. The number of hydrogen-bond acceptors (Lipinski definition) is 8. The molecule has 1 aromatic heterocycles. The molecule has 2 aliphatic rings. The number of alkyl halides is 2. The lowest BCUT2D eigenvalue weighted by molar-refractivity contribution is -0.377. The SMILES string of the molecule is CC(=O)OCCC[C@@H](NC(=O)OCC1c2ccccc2-c2ccccc21)C(=O)O[C@@H](Cc1c(Cl)c[nH+]cc1Cl)c1ccc(OC(F)F)c(OCC2CC2)c1. The zero-order valence-electron chi connectivity index (χ0n) is 29.3. The van der Waals surface area contributed by atoms with Crippen LogP contribution in [0.15, 0.2) is 79.1 Å². The van der Waals surface area contributed by atoms with Gasteiger partial charge in [-0.05, 0) is 71.6 Å². The number of aromatic amines is 1. The first-order chi connectivity index (χ1) is 26.1. The fourth-order valence-corrected chi connectivity index (χ4v) is 6.90. The maximum atomic E-state index is 14.0. The monoisotopic (exact) mass is 783 g/mol. The molecule has 0 saturated heterocycles. The largest absolute Gasteiger partial charge is 0.489 e. The molecular weight excluding hydrogens is 745 g/mol. The van der Waals surface area contributed by atoms with Crippen LogP contribution in [0, 0.1) is 5.92 Å². The Kier molecular flexibility index (Phi) is 12.9. The second-order valence-electron chi connectivity index (χ2n) is 13.1. The van der Waals surface area contributed by atoms with E-state index in [1.807, 2.05) is 48.5 Å². The van der Waals surface area contributed by atoms with Gasteiger partial charge in [-0.3, -0.25) is 4.79 Å². The second kappa shape index (κ2) is 17.9. The quantitative estimate of drug-likeness (QED) is 0.0645. The van der Waals surface area contributed by atoms with Gasteiger partial charge in [0.15, 0.2) is 23.9 Å². The highest BCUT2D eigenvalue weighted by Crippen LogP contribution is 2.44. The fraction of sp³-hybridized carbons (Fsp3) is 0.350. The molecule has 2 N–H and O–H groups in total. The molecular formula is C40H39Cl2F2N2O8+. The van der Waals surface area contributed by atoms with E-state index in [0.29, 0.717) is 23.7 Å². The lowest BCUT2D eigenvalue weighted by atomic mass is 9.98. The first kappa shape index (κ1) is 38.8. The van der Waals surface area contributed by atoms with Crippen LogP contribution >= 0.6 is 23.2 Å². The van der Waals surface area contributed by atoms with Crippen molar-refractivity contribution in [3.8, 4) is 22.6 Å². The average molecular weight is 785 g/mol. The molecule has 3 aromatic carbocycles. The number of H-pyrrole nitrogens is 1. The summed E-state index contributed by atoms with van der Waals surface area (Å²) in [6, 6.07) is 18.8. The first-order valence-corrected chi connectivity index (χ1v) is 18.3. The van der Waals surface area contributed by atoms with Gasteiger partial charge >= 0.3 is 24.6 Å².